The van der Waals surface area contributed by atoms with Crippen LogP contribution in [0.2, 0.25) is 0 Å². The third-order valence-electron chi connectivity index (χ3n) is 6.14. The molecule has 6 heteroatoms. The summed E-state index contributed by atoms with van der Waals surface area (Å²) in [6, 6.07) is 30.7. The van der Waals surface area contributed by atoms with Crippen LogP contribution in [0, 0.1) is 0 Å². The van der Waals surface area contributed by atoms with Gasteiger partial charge in [-0.1, -0.05) is 54.6 Å². The van der Waals surface area contributed by atoms with E-state index in [0.717, 1.165) is 23.7 Å². The Hall–Kier alpha value is -4.03. The minimum atomic E-state index is -0.407. The highest BCUT2D eigenvalue weighted by Crippen LogP contribution is 2.38. The van der Waals surface area contributed by atoms with Crippen molar-refractivity contribution in [3.63, 3.8) is 0 Å². The third kappa shape index (κ3) is 5.23. The van der Waals surface area contributed by atoms with Crippen LogP contribution in [0.1, 0.15) is 5.56 Å². The molecule has 35 heavy (non-hydrogen) atoms. The van der Waals surface area contributed by atoms with Gasteiger partial charge in [0.2, 0.25) is 0 Å². The summed E-state index contributed by atoms with van der Waals surface area (Å²) in [5, 5.41) is 6.11. The Morgan fingerprint density at radius 3 is 2.60 bits per heavy atom. The Labute approximate surface area is 205 Å². The molecule has 178 valence electrons. The molecular formula is C29H28N2O4. The SMILES string of the molecule is COC(=O)COc1ccc(N2CC(CNCc3cccc4ccccc34)Oc3ccccc32)cc1. The number of ether oxygens (including phenoxy) is 3. The highest BCUT2D eigenvalue weighted by atomic mass is 16.6. The summed E-state index contributed by atoms with van der Waals surface area (Å²) in [4.78, 5) is 13.6. The van der Waals surface area contributed by atoms with Crippen LogP contribution in [0.25, 0.3) is 10.8 Å². The first-order chi connectivity index (χ1) is 17.2. The standard InChI is InChI=1S/C29H28N2O4/c1-33-29(32)20-34-24-15-13-23(14-16-24)31-19-25(35-28-12-5-4-11-27(28)31)18-30-17-22-9-6-8-21-7-2-3-10-26(21)22/h2-16,25,30H,17-20H2,1H3. The number of fused-ring (bicyclic) bond motifs is 2. The molecule has 1 aliphatic heterocycles. The Balaban J connectivity index is 1.27. The number of para-hydroxylation sites is 2. The first kappa shape index (κ1) is 22.7. The van der Waals surface area contributed by atoms with Gasteiger partial charge in [-0.3, -0.25) is 0 Å². The van der Waals surface area contributed by atoms with Crippen LogP contribution in [-0.2, 0) is 16.1 Å². The number of rotatable bonds is 8. The predicted molar refractivity (Wildman–Crippen MR) is 137 cm³/mol. The van der Waals surface area contributed by atoms with Gasteiger partial charge in [-0.2, -0.15) is 0 Å². The first-order valence-electron chi connectivity index (χ1n) is 11.7. The summed E-state index contributed by atoms with van der Waals surface area (Å²) in [7, 11) is 1.35. The molecule has 0 amide bonds. The molecule has 6 nitrogen and oxygen atoms in total. The zero-order chi connectivity index (χ0) is 24.0. The van der Waals surface area contributed by atoms with Gasteiger partial charge in [-0.15, -0.1) is 0 Å². The maximum atomic E-state index is 11.3. The number of hydrogen-bond donors (Lipinski definition) is 1. The van der Waals surface area contributed by atoms with Crippen LogP contribution in [0.3, 0.4) is 0 Å². The monoisotopic (exact) mass is 468 g/mol. The van der Waals surface area contributed by atoms with E-state index in [1.807, 2.05) is 42.5 Å². The number of carbonyl (C=O) groups is 1. The number of benzene rings is 4. The fraction of sp³-hybridized carbons (Fsp3) is 0.207. The number of esters is 1. The van der Waals surface area contributed by atoms with Crippen molar-refractivity contribution in [1.29, 1.82) is 0 Å². The van der Waals surface area contributed by atoms with E-state index in [1.165, 1.54) is 23.4 Å². The fourth-order valence-electron chi connectivity index (χ4n) is 4.39. The summed E-state index contributed by atoms with van der Waals surface area (Å²) < 4.78 is 16.5. The molecule has 1 aliphatic rings. The van der Waals surface area contributed by atoms with E-state index in [4.69, 9.17) is 9.47 Å². The molecule has 5 rings (SSSR count). The lowest BCUT2D eigenvalue weighted by molar-refractivity contribution is -0.142. The van der Waals surface area contributed by atoms with Crippen molar-refractivity contribution in [3.05, 3.63) is 96.6 Å². The molecule has 4 aromatic rings. The third-order valence-corrected chi connectivity index (χ3v) is 6.14. The summed E-state index contributed by atoms with van der Waals surface area (Å²) in [6.45, 7) is 2.09. The molecule has 1 N–H and O–H groups in total. The molecule has 1 unspecified atom stereocenters. The quantitative estimate of drug-likeness (QED) is 0.364. The van der Waals surface area contributed by atoms with Gasteiger partial charge in [0.1, 0.15) is 17.6 Å². The second kappa shape index (κ2) is 10.5. The summed E-state index contributed by atoms with van der Waals surface area (Å²) in [5.41, 5.74) is 3.34. The normalized spacial score (nSPS) is 14.8. The second-order valence-electron chi connectivity index (χ2n) is 8.45. The van der Waals surface area contributed by atoms with Crippen molar-refractivity contribution < 1.29 is 19.0 Å². The predicted octanol–water partition coefficient (Wildman–Crippen LogP) is 5.08. The van der Waals surface area contributed by atoms with Gasteiger partial charge in [-0.25, -0.2) is 4.79 Å². The van der Waals surface area contributed by atoms with Crippen LogP contribution in [0.4, 0.5) is 11.4 Å². The highest BCUT2D eigenvalue weighted by Gasteiger charge is 2.26. The van der Waals surface area contributed by atoms with Crippen molar-refractivity contribution >= 4 is 28.1 Å². The smallest absolute Gasteiger partial charge is 0.343 e. The molecular weight excluding hydrogens is 440 g/mol. The van der Waals surface area contributed by atoms with E-state index in [0.29, 0.717) is 18.8 Å². The number of methoxy groups -OCH3 is 1. The molecule has 0 fully saturated rings. The molecule has 0 saturated heterocycles. The number of nitrogens with zero attached hydrogens (tertiary/aromatic N) is 1. The number of hydrogen-bond acceptors (Lipinski definition) is 6. The van der Waals surface area contributed by atoms with Crippen molar-refractivity contribution in [2.24, 2.45) is 0 Å². The molecule has 0 spiro atoms. The van der Waals surface area contributed by atoms with Gasteiger partial charge in [0.25, 0.3) is 0 Å². The molecule has 1 atom stereocenters. The average Bonchev–Trinajstić information content (AvgIpc) is 2.91. The summed E-state index contributed by atoms with van der Waals surface area (Å²) in [6.07, 6.45) is -0.0184. The highest BCUT2D eigenvalue weighted by molar-refractivity contribution is 5.85. The van der Waals surface area contributed by atoms with E-state index in [-0.39, 0.29) is 12.7 Å². The topological polar surface area (TPSA) is 60.0 Å². The van der Waals surface area contributed by atoms with Crippen LogP contribution in [0.15, 0.2) is 91.0 Å². The van der Waals surface area contributed by atoms with E-state index in [1.54, 1.807) is 0 Å². The molecule has 0 radical (unpaired) electrons. The number of nitrogens with one attached hydrogen (secondary N) is 1. The van der Waals surface area contributed by atoms with Crippen LogP contribution in [0.5, 0.6) is 11.5 Å². The Kier molecular flexibility index (Phi) is 6.82. The van der Waals surface area contributed by atoms with Crippen molar-refractivity contribution in [3.8, 4) is 11.5 Å². The largest absolute Gasteiger partial charge is 0.485 e. The lowest BCUT2D eigenvalue weighted by Gasteiger charge is -2.36. The maximum absolute atomic E-state index is 11.3. The van der Waals surface area contributed by atoms with E-state index < -0.39 is 5.97 Å². The van der Waals surface area contributed by atoms with Crippen LogP contribution < -0.4 is 19.7 Å². The van der Waals surface area contributed by atoms with E-state index in [9.17, 15) is 4.79 Å². The Bertz CT molecular complexity index is 1300. The number of carbonyl (C=O) groups excluding carboxylic acids is 1. The molecule has 0 bridgehead atoms. The van der Waals surface area contributed by atoms with Gasteiger partial charge in [0, 0.05) is 18.8 Å². The zero-order valence-corrected chi connectivity index (χ0v) is 19.6. The minimum absolute atomic E-state index is 0.0184. The molecule has 0 aliphatic carbocycles. The van der Waals surface area contributed by atoms with Gasteiger partial charge < -0.3 is 24.4 Å². The maximum Gasteiger partial charge on any atom is 0.343 e. The minimum Gasteiger partial charge on any atom is -0.485 e. The zero-order valence-electron chi connectivity index (χ0n) is 19.6. The lowest BCUT2D eigenvalue weighted by atomic mass is 10.0. The van der Waals surface area contributed by atoms with Gasteiger partial charge in [-0.05, 0) is 52.7 Å². The molecule has 1 heterocycles. The molecule has 0 aromatic heterocycles. The fourth-order valence-corrected chi connectivity index (χ4v) is 4.39. The van der Waals surface area contributed by atoms with Crippen molar-refractivity contribution in [2.45, 2.75) is 12.6 Å². The lowest BCUT2D eigenvalue weighted by Crippen LogP contribution is -2.43. The Morgan fingerprint density at radius 1 is 0.971 bits per heavy atom. The number of anilines is 2. The van der Waals surface area contributed by atoms with Crippen LogP contribution >= 0.6 is 0 Å². The van der Waals surface area contributed by atoms with Gasteiger partial charge in [0.15, 0.2) is 6.61 Å². The second-order valence-corrected chi connectivity index (χ2v) is 8.45. The summed E-state index contributed by atoms with van der Waals surface area (Å²) in [5.74, 6) is 1.07. The van der Waals surface area contributed by atoms with Crippen molar-refractivity contribution in [2.75, 3.05) is 31.7 Å². The average molecular weight is 469 g/mol. The van der Waals surface area contributed by atoms with Gasteiger partial charge in [0.05, 0.1) is 19.3 Å². The summed E-state index contributed by atoms with van der Waals surface area (Å²) >= 11 is 0. The van der Waals surface area contributed by atoms with Crippen molar-refractivity contribution in [1.82, 2.24) is 5.32 Å². The molecule has 4 aromatic carbocycles. The van der Waals surface area contributed by atoms with E-state index >= 15 is 0 Å². The van der Waals surface area contributed by atoms with E-state index in [2.05, 4.69) is 63.5 Å². The first-order valence-corrected chi connectivity index (χ1v) is 11.7. The van der Waals surface area contributed by atoms with Gasteiger partial charge >= 0.3 is 5.97 Å². The molecule has 0 saturated carbocycles. The Morgan fingerprint density at radius 2 is 1.74 bits per heavy atom. The van der Waals surface area contributed by atoms with Crippen LogP contribution in [-0.4, -0.2) is 38.9 Å².